The third-order valence-electron chi connectivity index (χ3n) is 3.53. The number of ether oxygens (including phenoxy) is 2. The van der Waals surface area contributed by atoms with Gasteiger partial charge in [-0.2, -0.15) is 13.2 Å². The Morgan fingerprint density at radius 2 is 1.83 bits per heavy atom. The molecule has 154 valence electrons. The third-order valence-corrected chi connectivity index (χ3v) is 3.53. The Morgan fingerprint density at radius 1 is 1.17 bits per heavy atom. The summed E-state index contributed by atoms with van der Waals surface area (Å²) in [6, 6.07) is 10.0. The van der Waals surface area contributed by atoms with Crippen LogP contribution in [0.2, 0.25) is 0 Å². The van der Waals surface area contributed by atoms with Crippen molar-refractivity contribution in [1.29, 1.82) is 0 Å². The van der Waals surface area contributed by atoms with E-state index in [0.717, 1.165) is 6.07 Å². The minimum absolute atomic E-state index is 0.303. The first-order valence-corrected chi connectivity index (χ1v) is 8.11. The summed E-state index contributed by atoms with van der Waals surface area (Å²) in [6.07, 6.45) is -5.82. The molecule has 0 aliphatic rings. The van der Waals surface area contributed by atoms with Gasteiger partial charge in [0.05, 0.1) is 10.5 Å². The Bertz CT molecular complexity index is 902. The first-order valence-electron chi connectivity index (χ1n) is 8.11. The minimum Gasteiger partial charge on any atom is -0.479 e. The van der Waals surface area contributed by atoms with Crippen LogP contribution in [0, 0.1) is 10.1 Å². The van der Waals surface area contributed by atoms with E-state index < -0.39 is 52.6 Å². The fourth-order valence-corrected chi connectivity index (χ4v) is 2.16. The molecule has 0 aliphatic carbocycles. The molecule has 0 bridgehead atoms. The summed E-state index contributed by atoms with van der Waals surface area (Å²) in [4.78, 5) is 33.7. The number of anilines is 1. The predicted octanol–water partition coefficient (Wildman–Crippen LogP) is 3.56. The molecule has 1 atom stereocenters. The number of nitro benzene ring substituents is 1. The van der Waals surface area contributed by atoms with Gasteiger partial charge in [-0.15, -0.1) is 0 Å². The number of hydrogen-bond acceptors (Lipinski definition) is 6. The lowest BCUT2D eigenvalue weighted by atomic mass is 10.1. The van der Waals surface area contributed by atoms with Gasteiger partial charge in [-0.3, -0.25) is 14.9 Å². The maximum absolute atomic E-state index is 12.7. The molecule has 0 heterocycles. The second-order valence-corrected chi connectivity index (χ2v) is 5.72. The molecule has 0 aromatic heterocycles. The van der Waals surface area contributed by atoms with E-state index in [0.29, 0.717) is 17.9 Å². The van der Waals surface area contributed by atoms with Gasteiger partial charge in [-0.1, -0.05) is 18.2 Å². The van der Waals surface area contributed by atoms with Crippen molar-refractivity contribution in [2.75, 3.05) is 11.9 Å². The Hall–Kier alpha value is -3.63. The molecule has 0 saturated heterocycles. The van der Waals surface area contributed by atoms with Crippen molar-refractivity contribution in [1.82, 2.24) is 0 Å². The lowest BCUT2D eigenvalue weighted by molar-refractivity contribution is -0.384. The van der Waals surface area contributed by atoms with Gasteiger partial charge >= 0.3 is 12.1 Å². The van der Waals surface area contributed by atoms with Crippen LogP contribution in [-0.4, -0.2) is 29.5 Å². The third kappa shape index (κ3) is 6.19. The van der Waals surface area contributed by atoms with Crippen molar-refractivity contribution >= 4 is 23.3 Å². The molecule has 11 heteroatoms. The molecule has 0 radical (unpaired) electrons. The average Bonchev–Trinajstić information content (AvgIpc) is 2.66. The minimum atomic E-state index is -4.78. The predicted molar refractivity (Wildman–Crippen MR) is 94.2 cm³/mol. The highest BCUT2D eigenvalue weighted by molar-refractivity contribution is 5.95. The van der Waals surface area contributed by atoms with E-state index in [4.69, 9.17) is 9.47 Å². The van der Waals surface area contributed by atoms with E-state index >= 15 is 0 Å². The molecule has 2 rings (SSSR count). The normalized spacial score (nSPS) is 12.0. The van der Waals surface area contributed by atoms with Crippen molar-refractivity contribution in [2.45, 2.75) is 19.2 Å². The van der Waals surface area contributed by atoms with Crippen LogP contribution in [-0.2, 0) is 20.5 Å². The second-order valence-electron chi connectivity index (χ2n) is 5.72. The van der Waals surface area contributed by atoms with E-state index in [1.54, 1.807) is 30.3 Å². The quantitative estimate of drug-likeness (QED) is 0.423. The first-order chi connectivity index (χ1) is 13.6. The molecular formula is C18H15F3N2O6. The number of alkyl halides is 3. The van der Waals surface area contributed by atoms with E-state index in [2.05, 4.69) is 0 Å². The molecule has 1 N–H and O–H groups in total. The van der Waals surface area contributed by atoms with Crippen molar-refractivity contribution in [3.05, 3.63) is 64.2 Å². The summed E-state index contributed by atoms with van der Waals surface area (Å²) in [6.45, 7) is 0.591. The number of carbonyl (C=O) groups excluding carboxylic acids is 2. The van der Waals surface area contributed by atoms with Crippen molar-refractivity contribution < 1.29 is 37.2 Å². The van der Waals surface area contributed by atoms with Gasteiger partial charge in [0, 0.05) is 6.07 Å². The van der Waals surface area contributed by atoms with E-state index in [-0.39, 0.29) is 0 Å². The van der Waals surface area contributed by atoms with Crippen LogP contribution in [0.1, 0.15) is 12.5 Å². The average molecular weight is 412 g/mol. The zero-order valence-corrected chi connectivity index (χ0v) is 14.9. The van der Waals surface area contributed by atoms with Gasteiger partial charge < -0.3 is 14.8 Å². The van der Waals surface area contributed by atoms with Gasteiger partial charge in [0.15, 0.2) is 12.7 Å². The number of halogens is 3. The number of amides is 1. The second kappa shape index (κ2) is 9.04. The number of rotatable bonds is 7. The molecule has 2 aromatic rings. The van der Waals surface area contributed by atoms with E-state index in [1.807, 2.05) is 5.32 Å². The van der Waals surface area contributed by atoms with Crippen molar-refractivity contribution in [3.63, 3.8) is 0 Å². The summed E-state index contributed by atoms with van der Waals surface area (Å²) in [7, 11) is 0. The van der Waals surface area contributed by atoms with Gasteiger partial charge in [-0.25, -0.2) is 4.79 Å². The zero-order chi connectivity index (χ0) is 21.6. The highest BCUT2D eigenvalue weighted by Crippen LogP contribution is 2.34. The van der Waals surface area contributed by atoms with Crippen molar-refractivity contribution in [2.24, 2.45) is 0 Å². The van der Waals surface area contributed by atoms with Gasteiger partial charge in [0.1, 0.15) is 11.4 Å². The number of benzene rings is 2. The fraction of sp³-hybridized carbons (Fsp3) is 0.222. The SMILES string of the molecule is C[C@H](Oc1ccccc1)C(=O)OCC(=O)Nc1ccc(C(F)(F)F)cc1[N+](=O)[O-]. The summed E-state index contributed by atoms with van der Waals surface area (Å²) in [5.41, 5.74) is -2.64. The Kier molecular flexibility index (Phi) is 6.75. The molecular weight excluding hydrogens is 397 g/mol. The van der Waals surface area contributed by atoms with Gasteiger partial charge in [0.25, 0.3) is 11.6 Å². The maximum atomic E-state index is 12.7. The number of carbonyl (C=O) groups is 2. The van der Waals surface area contributed by atoms with Crippen LogP contribution in [0.5, 0.6) is 5.75 Å². The Morgan fingerprint density at radius 3 is 2.41 bits per heavy atom. The first kappa shape index (κ1) is 21.7. The molecule has 1 amide bonds. The lowest BCUT2D eigenvalue weighted by Crippen LogP contribution is -2.29. The number of nitrogens with one attached hydrogen (secondary N) is 1. The van der Waals surface area contributed by atoms with E-state index in [1.165, 1.54) is 6.92 Å². The Balaban J connectivity index is 1.96. The fourth-order valence-electron chi connectivity index (χ4n) is 2.16. The number of nitro groups is 1. The van der Waals surface area contributed by atoms with E-state index in [9.17, 15) is 32.9 Å². The van der Waals surface area contributed by atoms with Crippen LogP contribution in [0.25, 0.3) is 0 Å². The number of para-hydroxylation sites is 1. The molecule has 0 unspecified atom stereocenters. The maximum Gasteiger partial charge on any atom is 0.416 e. The summed E-state index contributed by atoms with van der Waals surface area (Å²) in [5.74, 6) is -1.43. The number of esters is 1. The largest absolute Gasteiger partial charge is 0.479 e. The van der Waals surface area contributed by atoms with Crippen LogP contribution in [0.15, 0.2) is 48.5 Å². The van der Waals surface area contributed by atoms with Crippen molar-refractivity contribution in [3.8, 4) is 5.75 Å². The molecule has 29 heavy (non-hydrogen) atoms. The Labute approximate surface area is 162 Å². The molecule has 0 fully saturated rings. The van der Waals surface area contributed by atoms with Crippen LogP contribution < -0.4 is 10.1 Å². The monoisotopic (exact) mass is 412 g/mol. The van der Waals surface area contributed by atoms with Crippen LogP contribution in [0.3, 0.4) is 0 Å². The summed E-state index contributed by atoms with van der Waals surface area (Å²) >= 11 is 0. The standard InChI is InChI=1S/C18H15F3N2O6/c1-11(29-13-5-3-2-4-6-13)17(25)28-10-16(24)22-14-8-7-12(18(19,20)21)9-15(14)23(26)27/h2-9,11H,10H2,1H3,(H,22,24)/t11-/m0/s1. The summed E-state index contributed by atoms with van der Waals surface area (Å²) < 4.78 is 48.1. The molecule has 2 aromatic carbocycles. The molecule has 0 saturated carbocycles. The number of hydrogen-bond donors (Lipinski definition) is 1. The summed E-state index contributed by atoms with van der Waals surface area (Å²) in [5, 5.41) is 13.0. The molecule has 8 nitrogen and oxygen atoms in total. The zero-order valence-electron chi connectivity index (χ0n) is 14.9. The highest BCUT2D eigenvalue weighted by atomic mass is 19.4. The van der Waals surface area contributed by atoms with Gasteiger partial charge in [0.2, 0.25) is 0 Å². The van der Waals surface area contributed by atoms with Crippen LogP contribution >= 0.6 is 0 Å². The molecule has 0 spiro atoms. The highest BCUT2D eigenvalue weighted by Gasteiger charge is 2.33. The topological polar surface area (TPSA) is 108 Å². The smallest absolute Gasteiger partial charge is 0.416 e. The lowest BCUT2D eigenvalue weighted by Gasteiger charge is -2.14. The van der Waals surface area contributed by atoms with Crippen LogP contribution in [0.4, 0.5) is 24.5 Å². The number of nitrogens with zero attached hydrogens (tertiary/aromatic N) is 1. The molecule has 0 aliphatic heterocycles. The van der Waals surface area contributed by atoms with Gasteiger partial charge in [-0.05, 0) is 31.2 Å².